The van der Waals surface area contributed by atoms with Crippen LogP contribution in [0, 0.1) is 11.3 Å². The Kier molecular flexibility index (Phi) is 8.01. The summed E-state index contributed by atoms with van der Waals surface area (Å²) in [4.78, 5) is 10.0. The summed E-state index contributed by atoms with van der Waals surface area (Å²) in [5.74, 6) is 1.85. The van der Waals surface area contributed by atoms with Gasteiger partial charge in [0.2, 0.25) is 0 Å². The van der Waals surface area contributed by atoms with E-state index in [0.29, 0.717) is 0 Å². The lowest BCUT2D eigenvalue weighted by molar-refractivity contribution is 0.0240. The summed E-state index contributed by atoms with van der Waals surface area (Å²) in [6.07, 6.45) is 5.61. The highest BCUT2D eigenvalue weighted by molar-refractivity contribution is 5.80. The average Bonchev–Trinajstić information content (AvgIpc) is 3.02. The molecule has 0 aliphatic carbocycles. The lowest BCUT2D eigenvalue weighted by Gasteiger charge is -2.30. The van der Waals surface area contributed by atoms with Crippen molar-refractivity contribution < 1.29 is 4.74 Å². The first-order valence-corrected chi connectivity index (χ1v) is 10.2. The van der Waals surface area contributed by atoms with Crippen LogP contribution in [0.15, 0.2) is 4.99 Å². The van der Waals surface area contributed by atoms with Crippen LogP contribution in [0.4, 0.5) is 0 Å². The number of rotatable bonds is 6. The molecule has 1 N–H and O–H groups in total. The van der Waals surface area contributed by atoms with Crippen LogP contribution in [0.1, 0.15) is 53.4 Å². The zero-order valence-corrected chi connectivity index (χ0v) is 17.2. The quantitative estimate of drug-likeness (QED) is 0.589. The van der Waals surface area contributed by atoms with Crippen LogP contribution in [0.2, 0.25) is 0 Å². The van der Waals surface area contributed by atoms with E-state index in [1.54, 1.807) is 7.11 Å². The van der Waals surface area contributed by atoms with Crippen LogP contribution < -0.4 is 5.32 Å². The maximum absolute atomic E-state index is 5.67. The highest BCUT2D eigenvalue weighted by Crippen LogP contribution is 2.23. The van der Waals surface area contributed by atoms with Crippen molar-refractivity contribution in [2.75, 3.05) is 52.9 Å². The van der Waals surface area contributed by atoms with Gasteiger partial charge in [-0.15, -0.1) is 0 Å². The Hall–Kier alpha value is -0.810. The Labute approximate surface area is 155 Å². The molecule has 2 saturated heterocycles. The summed E-state index contributed by atoms with van der Waals surface area (Å²) in [5.41, 5.74) is 0.109. The normalized spacial score (nSPS) is 24.6. The van der Waals surface area contributed by atoms with Gasteiger partial charge in [-0.3, -0.25) is 4.99 Å². The summed E-state index contributed by atoms with van der Waals surface area (Å²) in [6, 6.07) is 0. The predicted octanol–water partition coefficient (Wildman–Crippen LogP) is 2.82. The van der Waals surface area contributed by atoms with Crippen LogP contribution in [0.3, 0.4) is 0 Å². The molecule has 0 radical (unpaired) electrons. The van der Waals surface area contributed by atoms with Crippen molar-refractivity contribution in [1.29, 1.82) is 0 Å². The molecule has 146 valence electrons. The van der Waals surface area contributed by atoms with Crippen molar-refractivity contribution in [2.24, 2.45) is 16.3 Å². The van der Waals surface area contributed by atoms with Gasteiger partial charge in [0.15, 0.2) is 5.96 Å². The third-order valence-electron chi connectivity index (χ3n) is 5.54. The highest BCUT2D eigenvalue weighted by atomic mass is 16.5. The molecule has 2 unspecified atom stereocenters. The Morgan fingerprint density at radius 3 is 2.52 bits per heavy atom. The summed E-state index contributed by atoms with van der Waals surface area (Å²) in [7, 11) is 1.79. The molecule has 2 atom stereocenters. The number of guanidine groups is 1. The molecule has 0 saturated carbocycles. The third kappa shape index (κ3) is 6.45. The van der Waals surface area contributed by atoms with Crippen LogP contribution in [-0.2, 0) is 4.74 Å². The van der Waals surface area contributed by atoms with E-state index in [2.05, 4.69) is 42.8 Å². The number of piperidine rings is 1. The van der Waals surface area contributed by atoms with Gasteiger partial charge in [0.25, 0.3) is 0 Å². The molecular formula is C20H40N4O. The van der Waals surface area contributed by atoms with Gasteiger partial charge in [0.1, 0.15) is 0 Å². The fraction of sp³-hybridized carbons (Fsp3) is 0.950. The topological polar surface area (TPSA) is 40.1 Å². The molecule has 0 aromatic carbocycles. The SMILES string of the molecule is CCNC(=NCC(OC)C(C)(C)C)N1CCC(CN2CCCCC2)C1. The van der Waals surface area contributed by atoms with E-state index in [0.717, 1.165) is 38.1 Å². The molecule has 2 aliphatic rings. The minimum Gasteiger partial charge on any atom is -0.379 e. The molecule has 0 aromatic heterocycles. The number of methoxy groups -OCH3 is 1. The van der Waals surface area contributed by atoms with Crippen LogP contribution in [0.25, 0.3) is 0 Å². The molecule has 2 rings (SSSR count). The molecule has 2 fully saturated rings. The number of nitrogens with one attached hydrogen (secondary N) is 1. The lowest BCUT2D eigenvalue weighted by Crippen LogP contribution is -2.42. The number of likely N-dealkylation sites (tertiary alicyclic amines) is 2. The largest absolute Gasteiger partial charge is 0.379 e. The van der Waals surface area contributed by atoms with E-state index in [-0.39, 0.29) is 11.5 Å². The van der Waals surface area contributed by atoms with E-state index >= 15 is 0 Å². The number of aliphatic imine (C=N–C) groups is 1. The summed E-state index contributed by atoms with van der Waals surface area (Å²) in [6.45, 7) is 16.5. The zero-order chi connectivity index (χ0) is 18.3. The summed E-state index contributed by atoms with van der Waals surface area (Å²) < 4.78 is 5.67. The number of hydrogen-bond acceptors (Lipinski definition) is 3. The van der Waals surface area contributed by atoms with Crippen molar-refractivity contribution >= 4 is 5.96 Å². The fourth-order valence-corrected chi connectivity index (χ4v) is 3.98. The standard InChI is InChI=1S/C20H40N4O/c1-6-21-19(22-14-18(25-5)20(2,3)4)24-13-10-17(16-24)15-23-11-8-7-9-12-23/h17-18H,6-16H2,1-5H3,(H,21,22). The van der Waals surface area contributed by atoms with Crippen molar-refractivity contribution in [3.05, 3.63) is 0 Å². The molecule has 2 aliphatic heterocycles. The van der Waals surface area contributed by atoms with E-state index in [1.807, 2.05) is 0 Å². The van der Waals surface area contributed by atoms with E-state index in [9.17, 15) is 0 Å². The predicted molar refractivity (Wildman–Crippen MR) is 106 cm³/mol. The first-order chi connectivity index (χ1) is 11.9. The van der Waals surface area contributed by atoms with Crippen molar-refractivity contribution in [2.45, 2.75) is 59.5 Å². The Morgan fingerprint density at radius 1 is 1.20 bits per heavy atom. The van der Waals surface area contributed by atoms with Gasteiger partial charge in [-0.05, 0) is 50.6 Å². The lowest BCUT2D eigenvalue weighted by atomic mass is 9.89. The van der Waals surface area contributed by atoms with Crippen LogP contribution in [-0.4, -0.2) is 74.8 Å². The van der Waals surface area contributed by atoms with Crippen molar-refractivity contribution in [3.63, 3.8) is 0 Å². The van der Waals surface area contributed by atoms with Crippen LogP contribution in [0.5, 0.6) is 0 Å². The maximum Gasteiger partial charge on any atom is 0.194 e. The van der Waals surface area contributed by atoms with E-state index in [4.69, 9.17) is 9.73 Å². The molecule has 0 amide bonds. The summed E-state index contributed by atoms with van der Waals surface area (Å²) in [5, 5.41) is 3.49. The van der Waals surface area contributed by atoms with Gasteiger partial charge in [-0.1, -0.05) is 27.2 Å². The molecule has 0 bridgehead atoms. The average molecular weight is 353 g/mol. The van der Waals surface area contributed by atoms with Crippen molar-refractivity contribution in [3.8, 4) is 0 Å². The molecule has 25 heavy (non-hydrogen) atoms. The third-order valence-corrected chi connectivity index (χ3v) is 5.54. The minimum atomic E-state index is 0.109. The molecular weight excluding hydrogens is 312 g/mol. The van der Waals surface area contributed by atoms with Gasteiger partial charge in [0.05, 0.1) is 12.6 Å². The smallest absolute Gasteiger partial charge is 0.194 e. The molecule has 0 aromatic rings. The summed E-state index contributed by atoms with van der Waals surface area (Å²) >= 11 is 0. The molecule has 5 nitrogen and oxygen atoms in total. The second-order valence-corrected chi connectivity index (χ2v) is 8.75. The van der Waals surface area contributed by atoms with Gasteiger partial charge >= 0.3 is 0 Å². The van der Waals surface area contributed by atoms with Gasteiger partial charge in [-0.25, -0.2) is 0 Å². The first-order valence-electron chi connectivity index (χ1n) is 10.2. The number of hydrogen-bond donors (Lipinski definition) is 1. The van der Waals surface area contributed by atoms with Crippen molar-refractivity contribution in [1.82, 2.24) is 15.1 Å². The number of nitrogens with zero attached hydrogens (tertiary/aromatic N) is 3. The molecule has 5 heteroatoms. The highest BCUT2D eigenvalue weighted by Gasteiger charge is 2.28. The monoisotopic (exact) mass is 352 g/mol. The fourth-order valence-electron chi connectivity index (χ4n) is 3.98. The number of ether oxygens (including phenoxy) is 1. The maximum atomic E-state index is 5.67. The molecule has 2 heterocycles. The van der Waals surface area contributed by atoms with Crippen LogP contribution >= 0.6 is 0 Å². The van der Waals surface area contributed by atoms with Gasteiger partial charge < -0.3 is 19.9 Å². The first kappa shape index (κ1) is 20.5. The van der Waals surface area contributed by atoms with E-state index < -0.39 is 0 Å². The Morgan fingerprint density at radius 2 is 1.92 bits per heavy atom. The van der Waals surface area contributed by atoms with E-state index in [1.165, 1.54) is 45.3 Å². The molecule has 0 spiro atoms. The Bertz CT molecular complexity index is 412. The van der Waals surface area contributed by atoms with Gasteiger partial charge in [-0.2, -0.15) is 0 Å². The minimum absolute atomic E-state index is 0.109. The Balaban J connectivity index is 1.89. The second-order valence-electron chi connectivity index (χ2n) is 8.75. The van der Waals surface area contributed by atoms with Gasteiger partial charge in [0, 0.05) is 33.3 Å². The zero-order valence-electron chi connectivity index (χ0n) is 17.2. The second kappa shape index (κ2) is 9.77.